The fraction of sp³-hybridized carbons (Fsp3) is 0.556. The second-order valence-electron chi connectivity index (χ2n) is 6.45. The second-order valence-corrected chi connectivity index (χ2v) is 6.45. The molecule has 3 heterocycles. The van der Waals surface area contributed by atoms with Gasteiger partial charge in [0.05, 0.1) is 5.56 Å². The van der Waals surface area contributed by atoms with Crippen LogP contribution >= 0.6 is 0 Å². The number of benzene rings is 1. The van der Waals surface area contributed by atoms with Crippen LogP contribution in [0.25, 0.3) is 0 Å². The molecule has 134 valence electrons. The lowest BCUT2D eigenvalue weighted by molar-refractivity contribution is -0.142. The SMILES string of the molecule is O=C(c1cccc2c1OCCO2)N1CCN(C(=O)C2CCCO2)CC1. The van der Waals surface area contributed by atoms with Gasteiger partial charge in [-0.05, 0) is 25.0 Å². The van der Waals surface area contributed by atoms with Gasteiger partial charge in [-0.25, -0.2) is 0 Å². The van der Waals surface area contributed by atoms with Crippen LogP contribution < -0.4 is 9.47 Å². The van der Waals surface area contributed by atoms with Gasteiger partial charge in [0.25, 0.3) is 11.8 Å². The summed E-state index contributed by atoms with van der Waals surface area (Å²) in [6, 6.07) is 5.38. The summed E-state index contributed by atoms with van der Waals surface area (Å²) in [5.74, 6) is 1.12. The molecule has 0 aliphatic carbocycles. The van der Waals surface area contributed by atoms with Gasteiger partial charge in [0.15, 0.2) is 11.5 Å². The van der Waals surface area contributed by atoms with Crippen LogP contribution in [0.4, 0.5) is 0 Å². The number of hydrogen-bond acceptors (Lipinski definition) is 5. The van der Waals surface area contributed by atoms with Crippen LogP contribution in [0, 0.1) is 0 Å². The van der Waals surface area contributed by atoms with E-state index in [-0.39, 0.29) is 17.9 Å². The number of ether oxygens (including phenoxy) is 3. The summed E-state index contributed by atoms with van der Waals surface area (Å²) in [5, 5.41) is 0. The van der Waals surface area contributed by atoms with E-state index in [2.05, 4.69) is 0 Å². The number of carbonyl (C=O) groups excluding carboxylic acids is 2. The van der Waals surface area contributed by atoms with Crippen molar-refractivity contribution in [1.29, 1.82) is 0 Å². The van der Waals surface area contributed by atoms with E-state index >= 15 is 0 Å². The molecule has 3 aliphatic rings. The molecule has 7 nitrogen and oxygen atoms in total. The molecule has 0 radical (unpaired) electrons. The number of nitrogens with zero attached hydrogens (tertiary/aromatic N) is 2. The molecule has 0 spiro atoms. The van der Waals surface area contributed by atoms with Crippen LogP contribution in [0.3, 0.4) is 0 Å². The summed E-state index contributed by atoms with van der Waals surface area (Å²) in [4.78, 5) is 28.8. The van der Waals surface area contributed by atoms with Gasteiger partial charge in [0, 0.05) is 32.8 Å². The van der Waals surface area contributed by atoms with Crippen molar-refractivity contribution in [3.05, 3.63) is 23.8 Å². The highest BCUT2D eigenvalue weighted by Crippen LogP contribution is 2.34. The van der Waals surface area contributed by atoms with Crippen LogP contribution in [0.15, 0.2) is 18.2 Å². The van der Waals surface area contributed by atoms with Crippen molar-refractivity contribution in [2.75, 3.05) is 46.0 Å². The summed E-state index contributed by atoms with van der Waals surface area (Å²) >= 11 is 0. The van der Waals surface area contributed by atoms with Crippen molar-refractivity contribution >= 4 is 11.8 Å². The molecular formula is C18H22N2O5. The van der Waals surface area contributed by atoms with Gasteiger partial charge in [0.1, 0.15) is 19.3 Å². The maximum atomic E-state index is 12.9. The first-order valence-electron chi connectivity index (χ1n) is 8.82. The van der Waals surface area contributed by atoms with Crippen LogP contribution in [0.5, 0.6) is 11.5 Å². The molecule has 1 aromatic rings. The topological polar surface area (TPSA) is 68.3 Å². The molecule has 0 aromatic heterocycles. The summed E-state index contributed by atoms with van der Waals surface area (Å²) < 4.78 is 16.7. The van der Waals surface area contributed by atoms with Crippen molar-refractivity contribution in [3.8, 4) is 11.5 Å². The highest BCUT2D eigenvalue weighted by molar-refractivity contribution is 5.98. The molecule has 25 heavy (non-hydrogen) atoms. The highest BCUT2D eigenvalue weighted by atomic mass is 16.6. The number of para-hydroxylation sites is 1. The van der Waals surface area contributed by atoms with E-state index in [0.29, 0.717) is 63.1 Å². The molecule has 1 unspecified atom stereocenters. The first-order chi connectivity index (χ1) is 12.2. The molecular weight excluding hydrogens is 324 g/mol. The predicted octanol–water partition coefficient (Wildman–Crippen LogP) is 0.921. The minimum Gasteiger partial charge on any atom is -0.486 e. The van der Waals surface area contributed by atoms with Crippen molar-refractivity contribution in [2.24, 2.45) is 0 Å². The third-order valence-corrected chi connectivity index (χ3v) is 4.88. The van der Waals surface area contributed by atoms with Gasteiger partial charge in [-0.3, -0.25) is 9.59 Å². The van der Waals surface area contributed by atoms with Crippen molar-refractivity contribution in [1.82, 2.24) is 9.80 Å². The third-order valence-electron chi connectivity index (χ3n) is 4.88. The first-order valence-corrected chi connectivity index (χ1v) is 8.82. The summed E-state index contributed by atoms with van der Waals surface area (Å²) in [5.41, 5.74) is 0.524. The Morgan fingerprint density at radius 2 is 1.72 bits per heavy atom. The largest absolute Gasteiger partial charge is 0.486 e. The molecule has 4 rings (SSSR count). The highest BCUT2D eigenvalue weighted by Gasteiger charge is 2.32. The number of rotatable bonds is 2. The van der Waals surface area contributed by atoms with E-state index in [9.17, 15) is 9.59 Å². The third kappa shape index (κ3) is 3.16. The van der Waals surface area contributed by atoms with Crippen LogP contribution in [0.2, 0.25) is 0 Å². The Morgan fingerprint density at radius 1 is 0.960 bits per heavy atom. The lowest BCUT2D eigenvalue weighted by Crippen LogP contribution is -2.52. The average Bonchev–Trinajstić information content (AvgIpc) is 3.21. The smallest absolute Gasteiger partial charge is 0.257 e. The molecule has 0 saturated carbocycles. The average molecular weight is 346 g/mol. The van der Waals surface area contributed by atoms with Gasteiger partial charge in [-0.2, -0.15) is 0 Å². The zero-order valence-corrected chi connectivity index (χ0v) is 14.1. The Hall–Kier alpha value is -2.28. The number of carbonyl (C=O) groups is 2. The van der Waals surface area contributed by atoms with Crippen LogP contribution in [0.1, 0.15) is 23.2 Å². The molecule has 2 saturated heterocycles. The number of piperazine rings is 1. The Balaban J connectivity index is 1.41. The van der Waals surface area contributed by atoms with E-state index in [1.54, 1.807) is 21.9 Å². The minimum absolute atomic E-state index is 0.0541. The van der Waals surface area contributed by atoms with Crippen molar-refractivity contribution in [2.45, 2.75) is 18.9 Å². The van der Waals surface area contributed by atoms with Crippen molar-refractivity contribution < 1.29 is 23.8 Å². The molecule has 0 N–H and O–H groups in total. The summed E-state index contributed by atoms with van der Waals surface area (Å²) in [7, 11) is 0. The normalized spacial score (nSPS) is 22.8. The lowest BCUT2D eigenvalue weighted by atomic mass is 10.1. The molecule has 2 amide bonds. The van der Waals surface area contributed by atoms with Gasteiger partial charge in [-0.1, -0.05) is 6.07 Å². The second kappa shape index (κ2) is 6.92. The molecule has 3 aliphatic heterocycles. The van der Waals surface area contributed by atoms with E-state index in [1.165, 1.54) is 0 Å². The predicted molar refractivity (Wildman–Crippen MR) is 88.9 cm³/mol. The van der Waals surface area contributed by atoms with E-state index in [0.717, 1.165) is 12.8 Å². The fourth-order valence-corrected chi connectivity index (χ4v) is 3.52. The summed E-state index contributed by atoms with van der Waals surface area (Å²) in [6.07, 6.45) is 1.44. The Kier molecular flexibility index (Phi) is 4.48. The maximum absolute atomic E-state index is 12.9. The lowest BCUT2D eigenvalue weighted by Gasteiger charge is -2.36. The number of amides is 2. The first kappa shape index (κ1) is 16.2. The molecule has 0 bridgehead atoms. The minimum atomic E-state index is -0.297. The maximum Gasteiger partial charge on any atom is 0.257 e. The van der Waals surface area contributed by atoms with Gasteiger partial charge in [0.2, 0.25) is 0 Å². The van der Waals surface area contributed by atoms with Crippen molar-refractivity contribution in [3.63, 3.8) is 0 Å². The number of hydrogen-bond donors (Lipinski definition) is 0. The van der Waals surface area contributed by atoms with E-state index < -0.39 is 0 Å². The zero-order valence-electron chi connectivity index (χ0n) is 14.1. The van der Waals surface area contributed by atoms with Crippen LogP contribution in [-0.2, 0) is 9.53 Å². The van der Waals surface area contributed by atoms with E-state index in [4.69, 9.17) is 14.2 Å². The molecule has 1 aromatic carbocycles. The summed E-state index contributed by atoms with van der Waals surface area (Å²) in [6.45, 7) is 3.71. The Morgan fingerprint density at radius 3 is 2.48 bits per heavy atom. The van der Waals surface area contributed by atoms with E-state index in [1.807, 2.05) is 6.07 Å². The Bertz CT molecular complexity index is 663. The zero-order chi connectivity index (χ0) is 17.2. The Labute approximate surface area is 146 Å². The standard InChI is InChI=1S/C18H22N2O5/c21-17(13-3-1-4-14-16(13)25-12-11-24-14)19-6-8-20(9-7-19)18(22)15-5-2-10-23-15/h1,3-4,15H,2,5-12H2. The van der Waals surface area contributed by atoms with Gasteiger partial charge in [-0.15, -0.1) is 0 Å². The molecule has 7 heteroatoms. The monoisotopic (exact) mass is 346 g/mol. The van der Waals surface area contributed by atoms with Crippen LogP contribution in [-0.4, -0.2) is 73.7 Å². The fourth-order valence-electron chi connectivity index (χ4n) is 3.52. The van der Waals surface area contributed by atoms with Gasteiger partial charge >= 0.3 is 0 Å². The quantitative estimate of drug-likeness (QED) is 0.797. The number of fused-ring (bicyclic) bond motifs is 1. The van der Waals surface area contributed by atoms with Gasteiger partial charge < -0.3 is 24.0 Å². The molecule has 2 fully saturated rings. The molecule has 1 atom stereocenters.